The van der Waals surface area contributed by atoms with Crippen molar-refractivity contribution in [3.8, 4) is 0 Å². The Morgan fingerprint density at radius 2 is 2.42 bits per heavy atom. The van der Waals surface area contributed by atoms with E-state index in [1.807, 2.05) is 13.0 Å². The summed E-state index contributed by atoms with van der Waals surface area (Å²) in [5.41, 5.74) is 0.751. The lowest BCUT2D eigenvalue weighted by Gasteiger charge is -2.36. The SMILES string of the molecule is CC1C(O)CCCN1C(=O)c1nc2cnccc2s1. The Bertz CT molecular complexity index is 580. The molecule has 1 saturated heterocycles. The molecule has 6 heteroatoms. The first-order valence-corrected chi connectivity index (χ1v) is 7.18. The highest BCUT2D eigenvalue weighted by Gasteiger charge is 2.31. The zero-order valence-electron chi connectivity index (χ0n) is 10.6. The number of aromatic nitrogens is 2. The van der Waals surface area contributed by atoms with Gasteiger partial charge in [-0.1, -0.05) is 0 Å². The molecule has 1 fully saturated rings. The normalized spacial score (nSPS) is 23.8. The molecule has 2 aromatic rings. The third-order valence-electron chi connectivity index (χ3n) is 3.58. The topological polar surface area (TPSA) is 66.3 Å². The first-order valence-electron chi connectivity index (χ1n) is 6.36. The van der Waals surface area contributed by atoms with Crippen LogP contribution in [0, 0.1) is 0 Å². The number of carbonyl (C=O) groups is 1. The van der Waals surface area contributed by atoms with Crippen LogP contribution in [-0.2, 0) is 0 Å². The highest BCUT2D eigenvalue weighted by Crippen LogP contribution is 2.25. The fraction of sp³-hybridized carbons (Fsp3) is 0.462. The lowest BCUT2D eigenvalue weighted by Crippen LogP contribution is -2.49. The minimum Gasteiger partial charge on any atom is -0.391 e. The second kappa shape index (κ2) is 4.86. The number of fused-ring (bicyclic) bond motifs is 1. The van der Waals surface area contributed by atoms with Crippen LogP contribution in [0.5, 0.6) is 0 Å². The quantitative estimate of drug-likeness (QED) is 0.861. The van der Waals surface area contributed by atoms with Crippen LogP contribution in [0.25, 0.3) is 10.2 Å². The third-order valence-corrected chi connectivity index (χ3v) is 4.61. The van der Waals surface area contributed by atoms with Gasteiger partial charge in [0.05, 0.1) is 23.0 Å². The van der Waals surface area contributed by atoms with Crippen molar-refractivity contribution in [1.82, 2.24) is 14.9 Å². The van der Waals surface area contributed by atoms with Crippen molar-refractivity contribution in [1.29, 1.82) is 0 Å². The lowest BCUT2D eigenvalue weighted by molar-refractivity contribution is 0.0181. The minimum absolute atomic E-state index is 0.0903. The molecule has 1 aliphatic heterocycles. The highest BCUT2D eigenvalue weighted by molar-refractivity contribution is 7.20. The summed E-state index contributed by atoms with van der Waals surface area (Å²) in [6.45, 7) is 2.57. The molecule has 100 valence electrons. The zero-order valence-corrected chi connectivity index (χ0v) is 11.4. The number of piperidine rings is 1. The number of carbonyl (C=O) groups excluding carboxylic acids is 1. The van der Waals surface area contributed by atoms with Gasteiger partial charge in [-0.2, -0.15) is 0 Å². The largest absolute Gasteiger partial charge is 0.391 e. The molecule has 2 aromatic heterocycles. The van der Waals surface area contributed by atoms with Crippen molar-refractivity contribution in [3.05, 3.63) is 23.5 Å². The number of thiazole rings is 1. The van der Waals surface area contributed by atoms with E-state index in [0.717, 1.165) is 23.1 Å². The van der Waals surface area contributed by atoms with Crippen LogP contribution < -0.4 is 0 Å². The number of likely N-dealkylation sites (tertiary alicyclic amines) is 1. The Morgan fingerprint density at radius 1 is 1.58 bits per heavy atom. The van der Waals surface area contributed by atoms with Gasteiger partial charge in [0.2, 0.25) is 0 Å². The summed E-state index contributed by atoms with van der Waals surface area (Å²) in [5, 5.41) is 10.3. The zero-order chi connectivity index (χ0) is 13.4. The van der Waals surface area contributed by atoms with E-state index in [2.05, 4.69) is 9.97 Å². The van der Waals surface area contributed by atoms with Crippen LogP contribution in [0.3, 0.4) is 0 Å². The summed E-state index contributed by atoms with van der Waals surface area (Å²) < 4.78 is 0.962. The Morgan fingerprint density at radius 3 is 3.21 bits per heavy atom. The fourth-order valence-electron chi connectivity index (χ4n) is 2.40. The molecule has 2 atom stereocenters. The molecular weight excluding hydrogens is 262 g/mol. The highest BCUT2D eigenvalue weighted by atomic mass is 32.1. The van der Waals surface area contributed by atoms with Crippen molar-refractivity contribution in [2.24, 2.45) is 0 Å². The molecule has 3 rings (SSSR count). The van der Waals surface area contributed by atoms with Crippen molar-refractivity contribution >= 4 is 27.5 Å². The third kappa shape index (κ3) is 2.21. The molecule has 0 spiro atoms. The van der Waals surface area contributed by atoms with E-state index in [1.165, 1.54) is 11.3 Å². The van der Waals surface area contributed by atoms with Crippen LogP contribution in [0.15, 0.2) is 18.5 Å². The van der Waals surface area contributed by atoms with Gasteiger partial charge >= 0.3 is 0 Å². The number of rotatable bonds is 1. The second-order valence-corrected chi connectivity index (χ2v) is 5.84. The van der Waals surface area contributed by atoms with Crippen LogP contribution in [0.1, 0.15) is 29.6 Å². The summed E-state index contributed by atoms with van der Waals surface area (Å²) in [5.74, 6) is -0.0903. The number of nitrogens with zero attached hydrogens (tertiary/aromatic N) is 3. The summed E-state index contributed by atoms with van der Waals surface area (Å²) >= 11 is 1.38. The monoisotopic (exact) mass is 277 g/mol. The van der Waals surface area contributed by atoms with Gasteiger partial charge in [-0.05, 0) is 25.8 Å². The molecule has 3 heterocycles. The smallest absolute Gasteiger partial charge is 0.283 e. The van der Waals surface area contributed by atoms with Gasteiger partial charge in [0.15, 0.2) is 5.01 Å². The molecule has 0 bridgehead atoms. The molecule has 2 unspecified atom stereocenters. The number of hydrogen-bond acceptors (Lipinski definition) is 5. The number of hydrogen-bond donors (Lipinski definition) is 1. The molecule has 1 aliphatic rings. The molecule has 1 amide bonds. The summed E-state index contributed by atoms with van der Waals surface area (Å²) in [6, 6.07) is 1.71. The van der Waals surface area contributed by atoms with Crippen molar-refractivity contribution in [2.45, 2.75) is 31.9 Å². The summed E-state index contributed by atoms with van der Waals surface area (Å²) in [4.78, 5) is 22.5. The molecule has 5 nitrogen and oxygen atoms in total. The standard InChI is InChI=1S/C13H15N3O2S/c1-8-10(17)3-2-6-16(8)13(18)12-15-9-7-14-5-4-11(9)19-12/h4-5,7-8,10,17H,2-3,6H2,1H3. The van der Waals surface area contributed by atoms with Gasteiger partial charge in [0, 0.05) is 12.7 Å². The van der Waals surface area contributed by atoms with Crippen LogP contribution in [-0.4, -0.2) is 44.6 Å². The van der Waals surface area contributed by atoms with Gasteiger partial charge in [-0.3, -0.25) is 9.78 Å². The van der Waals surface area contributed by atoms with Crippen molar-refractivity contribution < 1.29 is 9.90 Å². The maximum absolute atomic E-state index is 12.5. The molecule has 0 radical (unpaired) electrons. The minimum atomic E-state index is -0.436. The Labute approximate surface area is 114 Å². The number of aliphatic hydroxyl groups excluding tert-OH is 1. The van der Waals surface area contributed by atoms with Gasteiger partial charge in [-0.15, -0.1) is 11.3 Å². The van der Waals surface area contributed by atoms with E-state index >= 15 is 0 Å². The Balaban J connectivity index is 1.90. The van der Waals surface area contributed by atoms with E-state index in [0.29, 0.717) is 11.6 Å². The van der Waals surface area contributed by atoms with Gasteiger partial charge < -0.3 is 10.0 Å². The van der Waals surface area contributed by atoms with Crippen LogP contribution >= 0.6 is 11.3 Å². The van der Waals surface area contributed by atoms with Crippen LogP contribution in [0.4, 0.5) is 0 Å². The van der Waals surface area contributed by atoms with Crippen LogP contribution in [0.2, 0.25) is 0 Å². The first-order chi connectivity index (χ1) is 9.16. The maximum Gasteiger partial charge on any atom is 0.283 e. The predicted octanol–water partition coefficient (Wildman–Crippen LogP) is 1.68. The second-order valence-electron chi connectivity index (χ2n) is 4.81. The van der Waals surface area contributed by atoms with E-state index in [1.54, 1.807) is 17.3 Å². The number of amides is 1. The van der Waals surface area contributed by atoms with E-state index in [9.17, 15) is 9.90 Å². The maximum atomic E-state index is 12.5. The number of pyridine rings is 1. The fourth-order valence-corrected chi connectivity index (χ4v) is 3.29. The molecule has 19 heavy (non-hydrogen) atoms. The molecule has 0 aliphatic carbocycles. The predicted molar refractivity (Wildman–Crippen MR) is 73.2 cm³/mol. The average Bonchev–Trinajstić information content (AvgIpc) is 2.85. The van der Waals surface area contributed by atoms with E-state index < -0.39 is 6.10 Å². The first kappa shape index (κ1) is 12.5. The number of aliphatic hydroxyl groups is 1. The molecule has 0 saturated carbocycles. The molecule has 0 aromatic carbocycles. The van der Waals surface area contributed by atoms with E-state index in [-0.39, 0.29) is 11.9 Å². The summed E-state index contributed by atoms with van der Waals surface area (Å²) in [7, 11) is 0. The summed E-state index contributed by atoms with van der Waals surface area (Å²) in [6.07, 6.45) is 4.52. The Kier molecular flexibility index (Phi) is 3.20. The molecular formula is C13H15N3O2S. The molecule has 1 N–H and O–H groups in total. The van der Waals surface area contributed by atoms with Gasteiger partial charge in [0.25, 0.3) is 5.91 Å². The van der Waals surface area contributed by atoms with E-state index in [4.69, 9.17) is 0 Å². The van der Waals surface area contributed by atoms with Gasteiger partial charge in [-0.25, -0.2) is 4.98 Å². The van der Waals surface area contributed by atoms with Crippen molar-refractivity contribution in [3.63, 3.8) is 0 Å². The van der Waals surface area contributed by atoms with Crippen molar-refractivity contribution in [2.75, 3.05) is 6.54 Å². The van der Waals surface area contributed by atoms with Gasteiger partial charge in [0.1, 0.15) is 5.52 Å². The Hall–Kier alpha value is -1.53. The average molecular weight is 277 g/mol. The lowest BCUT2D eigenvalue weighted by atomic mass is 10.0.